The summed E-state index contributed by atoms with van der Waals surface area (Å²) in [4.78, 5) is 4.18. The van der Waals surface area contributed by atoms with Gasteiger partial charge in [0.15, 0.2) is 0 Å². The van der Waals surface area contributed by atoms with E-state index in [1.807, 2.05) is 12.1 Å². The molecule has 76 valence electrons. The van der Waals surface area contributed by atoms with Gasteiger partial charge < -0.3 is 14.8 Å². The molecule has 0 spiro atoms. The maximum atomic E-state index is 5.66. The smallest absolute Gasteiger partial charge is 0.216 e. The maximum Gasteiger partial charge on any atom is 0.216 e. The minimum atomic E-state index is 0.245. The van der Waals surface area contributed by atoms with Gasteiger partial charge in [-0.05, 0) is 13.0 Å². The van der Waals surface area contributed by atoms with Crippen molar-refractivity contribution in [2.45, 2.75) is 12.5 Å². The Hall–Kier alpha value is -1.29. The number of hydrogen-bond acceptors (Lipinski definition) is 4. The minimum absolute atomic E-state index is 0.245. The molecular formula is C10H14N2O2. The lowest BCUT2D eigenvalue weighted by atomic mass is 10.3. The van der Waals surface area contributed by atoms with E-state index in [-0.39, 0.29) is 6.10 Å². The molecule has 2 rings (SSSR count). The highest BCUT2D eigenvalue weighted by Gasteiger charge is 2.16. The van der Waals surface area contributed by atoms with Crippen LogP contribution in [0.5, 0.6) is 11.8 Å². The van der Waals surface area contributed by atoms with Crippen molar-refractivity contribution in [2.24, 2.45) is 0 Å². The Morgan fingerprint density at radius 1 is 1.43 bits per heavy atom. The van der Waals surface area contributed by atoms with Gasteiger partial charge in [-0.3, -0.25) is 0 Å². The van der Waals surface area contributed by atoms with Crippen LogP contribution in [0.1, 0.15) is 6.42 Å². The highest BCUT2D eigenvalue weighted by Crippen LogP contribution is 2.15. The molecule has 4 nitrogen and oxygen atoms in total. The standard InChI is InChI=1S/C10H14N2O2/c1-13-9-3-2-4-10(12-9)14-8-5-6-11-7-8/h2-4,8,11H,5-7H2,1H3. The van der Waals surface area contributed by atoms with Crippen molar-refractivity contribution in [3.05, 3.63) is 18.2 Å². The average Bonchev–Trinajstić information content (AvgIpc) is 2.71. The molecule has 1 aromatic rings. The van der Waals surface area contributed by atoms with Gasteiger partial charge in [0.2, 0.25) is 11.8 Å². The van der Waals surface area contributed by atoms with Crippen molar-refractivity contribution in [1.29, 1.82) is 0 Å². The molecule has 1 aliphatic rings. The first-order chi connectivity index (χ1) is 6.88. The SMILES string of the molecule is COc1cccc(OC2CCNC2)n1. The summed E-state index contributed by atoms with van der Waals surface area (Å²) >= 11 is 0. The predicted molar refractivity (Wildman–Crippen MR) is 52.7 cm³/mol. The van der Waals surface area contributed by atoms with Gasteiger partial charge in [-0.1, -0.05) is 6.07 Å². The Kier molecular flexibility index (Phi) is 2.84. The van der Waals surface area contributed by atoms with E-state index >= 15 is 0 Å². The molecule has 2 heterocycles. The summed E-state index contributed by atoms with van der Waals surface area (Å²) in [7, 11) is 1.60. The first kappa shape index (κ1) is 9.27. The monoisotopic (exact) mass is 194 g/mol. The zero-order valence-electron chi connectivity index (χ0n) is 8.19. The minimum Gasteiger partial charge on any atom is -0.481 e. The van der Waals surface area contributed by atoms with Crippen molar-refractivity contribution < 1.29 is 9.47 Å². The molecule has 1 aliphatic heterocycles. The predicted octanol–water partition coefficient (Wildman–Crippen LogP) is 0.831. The first-order valence-corrected chi connectivity index (χ1v) is 4.77. The summed E-state index contributed by atoms with van der Waals surface area (Å²) < 4.78 is 10.7. The molecule has 1 N–H and O–H groups in total. The van der Waals surface area contributed by atoms with Crippen molar-refractivity contribution in [2.75, 3.05) is 20.2 Å². The molecule has 0 aromatic carbocycles. The van der Waals surface area contributed by atoms with Gasteiger partial charge in [-0.15, -0.1) is 0 Å². The third-order valence-corrected chi connectivity index (χ3v) is 2.21. The summed E-state index contributed by atoms with van der Waals surface area (Å²) in [5, 5.41) is 3.24. The Bertz CT molecular complexity index is 298. The molecule has 4 heteroatoms. The summed E-state index contributed by atoms with van der Waals surface area (Å²) in [5.41, 5.74) is 0. The van der Waals surface area contributed by atoms with Gasteiger partial charge in [0.1, 0.15) is 6.10 Å². The van der Waals surface area contributed by atoms with Gasteiger partial charge in [0.25, 0.3) is 0 Å². The number of ether oxygens (including phenoxy) is 2. The van der Waals surface area contributed by atoms with Crippen LogP contribution in [0.25, 0.3) is 0 Å². The highest BCUT2D eigenvalue weighted by atomic mass is 16.5. The lowest BCUT2D eigenvalue weighted by Gasteiger charge is -2.11. The molecule has 0 radical (unpaired) electrons. The number of pyridine rings is 1. The van der Waals surface area contributed by atoms with Crippen LogP contribution in [0, 0.1) is 0 Å². The Morgan fingerprint density at radius 3 is 3.00 bits per heavy atom. The van der Waals surface area contributed by atoms with Crippen LogP contribution in [0.4, 0.5) is 0 Å². The number of aromatic nitrogens is 1. The van der Waals surface area contributed by atoms with Gasteiger partial charge in [0, 0.05) is 18.7 Å². The Balaban J connectivity index is 2.00. The zero-order chi connectivity index (χ0) is 9.80. The van der Waals surface area contributed by atoms with E-state index in [1.165, 1.54) is 0 Å². The number of methoxy groups -OCH3 is 1. The summed E-state index contributed by atoms with van der Waals surface area (Å²) in [6.07, 6.45) is 1.29. The zero-order valence-corrected chi connectivity index (χ0v) is 8.19. The molecule has 0 aliphatic carbocycles. The van der Waals surface area contributed by atoms with E-state index in [9.17, 15) is 0 Å². The topological polar surface area (TPSA) is 43.4 Å². The lowest BCUT2D eigenvalue weighted by Crippen LogP contribution is -2.20. The second-order valence-electron chi connectivity index (χ2n) is 3.25. The first-order valence-electron chi connectivity index (χ1n) is 4.77. The van der Waals surface area contributed by atoms with Gasteiger partial charge in [0.05, 0.1) is 7.11 Å². The van der Waals surface area contributed by atoms with E-state index in [1.54, 1.807) is 13.2 Å². The molecule has 0 amide bonds. The summed E-state index contributed by atoms with van der Waals surface area (Å²) in [6.45, 7) is 1.92. The Labute approximate surface area is 83.2 Å². The molecule has 1 aromatic heterocycles. The van der Waals surface area contributed by atoms with Crippen LogP contribution in [-0.2, 0) is 0 Å². The fraction of sp³-hybridized carbons (Fsp3) is 0.500. The van der Waals surface area contributed by atoms with Gasteiger partial charge in [-0.2, -0.15) is 4.98 Å². The highest BCUT2D eigenvalue weighted by molar-refractivity contribution is 5.19. The third-order valence-electron chi connectivity index (χ3n) is 2.21. The average molecular weight is 194 g/mol. The quantitative estimate of drug-likeness (QED) is 0.774. The van der Waals surface area contributed by atoms with E-state index in [0.29, 0.717) is 11.8 Å². The Morgan fingerprint density at radius 2 is 2.29 bits per heavy atom. The van der Waals surface area contributed by atoms with Crippen molar-refractivity contribution in [3.63, 3.8) is 0 Å². The van der Waals surface area contributed by atoms with Crippen molar-refractivity contribution in [1.82, 2.24) is 10.3 Å². The van der Waals surface area contributed by atoms with Gasteiger partial charge in [-0.25, -0.2) is 0 Å². The van der Waals surface area contributed by atoms with Gasteiger partial charge >= 0.3 is 0 Å². The molecular weight excluding hydrogens is 180 g/mol. The fourth-order valence-electron chi connectivity index (χ4n) is 1.47. The number of nitrogens with zero attached hydrogens (tertiary/aromatic N) is 1. The van der Waals surface area contributed by atoms with E-state index in [2.05, 4.69) is 10.3 Å². The normalized spacial score (nSPS) is 20.8. The molecule has 14 heavy (non-hydrogen) atoms. The summed E-state index contributed by atoms with van der Waals surface area (Å²) in [6, 6.07) is 5.53. The number of rotatable bonds is 3. The van der Waals surface area contributed by atoms with Crippen LogP contribution in [0.2, 0.25) is 0 Å². The second kappa shape index (κ2) is 4.28. The molecule has 1 unspecified atom stereocenters. The van der Waals surface area contributed by atoms with Crippen LogP contribution in [0.15, 0.2) is 18.2 Å². The van der Waals surface area contributed by atoms with E-state index in [0.717, 1.165) is 19.5 Å². The molecule has 1 fully saturated rings. The number of hydrogen-bond donors (Lipinski definition) is 1. The fourth-order valence-corrected chi connectivity index (χ4v) is 1.47. The van der Waals surface area contributed by atoms with Crippen molar-refractivity contribution >= 4 is 0 Å². The number of nitrogens with one attached hydrogen (secondary N) is 1. The van der Waals surface area contributed by atoms with Crippen molar-refractivity contribution in [3.8, 4) is 11.8 Å². The maximum absolute atomic E-state index is 5.66. The largest absolute Gasteiger partial charge is 0.481 e. The van der Waals surface area contributed by atoms with Crippen LogP contribution in [0.3, 0.4) is 0 Å². The van der Waals surface area contributed by atoms with Crippen LogP contribution >= 0.6 is 0 Å². The van der Waals surface area contributed by atoms with E-state index < -0.39 is 0 Å². The van der Waals surface area contributed by atoms with Crippen LogP contribution < -0.4 is 14.8 Å². The van der Waals surface area contributed by atoms with E-state index in [4.69, 9.17) is 9.47 Å². The third kappa shape index (κ3) is 2.14. The molecule has 0 saturated carbocycles. The molecule has 1 saturated heterocycles. The lowest BCUT2D eigenvalue weighted by molar-refractivity contribution is 0.211. The molecule has 0 bridgehead atoms. The molecule has 1 atom stereocenters. The second-order valence-corrected chi connectivity index (χ2v) is 3.25. The van der Waals surface area contributed by atoms with Crippen LogP contribution in [-0.4, -0.2) is 31.3 Å². The summed E-state index contributed by atoms with van der Waals surface area (Å²) in [5.74, 6) is 1.23.